The number of ketones is 1. The lowest BCUT2D eigenvalue weighted by Gasteiger charge is -2.34. The Morgan fingerprint density at radius 3 is 1.74 bits per heavy atom. The predicted octanol–water partition coefficient (Wildman–Crippen LogP) is 7.61. The SMILES string of the molecule is CC[C@H](C(=O)c1ccc(Br)cc1)[C@H](c1ccc(Cl)cc1)C(C(=O)NC1CCCCC1)C(=O)NC1CCCCC1. The minimum atomic E-state index is -1.03. The minimum absolute atomic E-state index is 0.0596. The molecule has 5 nitrogen and oxygen atoms in total. The van der Waals surface area contributed by atoms with E-state index in [9.17, 15) is 14.4 Å². The maximum Gasteiger partial charge on any atom is 0.233 e. The highest BCUT2D eigenvalue weighted by Gasteiger charge is 2.43. The lowest BCUT2D eigenvalue weighted by atomic mass is 9.71. The molecule has 2 N–H and O–H groups in total. The first-order valence-electron chi connectivity index (χ1n) is 14.5. The van der Waals surface area contributed by atoms with Gasteiger partial charge < -0.3 is 10.6 Å². The lowest BCUT2D eigenvalue weighted by Crippen LogP contribution is -2.51. The summed E-state index contributed by atoms with van der Waals surface area (Å²) in [4.78, 5) is 42.2. The highest BCUT2D eigenvalue weighted by molar-refractivity contribution is 9.10. The van der Waals surface area contributed by atoms with Gasteiger partial charge in [-0.05, 0) is 61.9 Å². The molecule has 0 radical (unpaired) electrons. The van der Waals surface area contributed by atoms with Gasteiger partial charge in [0.2, 0.25) is 11.8 Å². The van der Waals surface area contributed by atoms with Gasteiger partial charge in [0.15, 0.2) is 5.78 Å². The zero-order valence-corrected chi connectivity index (χ0v) is 25.1. The molecular formula is C32H40BrClN2O3. The first-order valence-corrected chi connectivity index (χ1v) is 15.7. The van der Waals surface area contributed by atoms with Crippen LogP contribution in [0.3, 0.4) is 0 Å². The van der Waals surface area contributed by atoms with Crippen LogP contribution in [-0.4, -0.2) is 29.7 Å². The minimum Gasteiger partial charge on any atom is -0.353 e. The Balaban J connectivity index is 1.74. The predicted molar refractivity (Wildman–Crippen MR) is 160 cm³/mol. The summed E-state index contributed by atoms with van der Waals surface area (Å²) in [6, 6.07) is 14.7. The van der Waals surface area contributed by atoms with Crippen molar-refractivity contribution in [1.29, 1.82) is 0 Å². The van der Waals surface area contributed by atoms with Crippen LogP contribution in [0.2, 0.25) is 5.02 Å². The second-order valence-corrected chi connectivity index (χ2v) is 12.5. The fourth-order valence-corrected chi connectivity index (χ4v) is 6.68. The summed E-state index contributed by atoms with van der Waals surface area (Å²) in [6.45, 7) is 1.96. The summed E-state index contributed by atoms with van der Waals surface area (Å²) >= 11 is 9.68. The average molecular weight is 616 g/mol. The van der Waals surface area contributed by atoms with Gasteiger partial charge in [-0.2, -0.15) is 0 Å². The molecule has 2 aromatic rings. The van der Waals surface area contributed by atoms with Crippen molar-refractivity contribution >= 4 is 45.1 Å². The summed E-state index contributed by atoms with van der Waals surface area (Å²) in [6.07, 6.45) is 10.8. The van der Waals surface area contributed by atoms with Crippen molar-refractivity contribution in [2.75, 3.05) is 0 Å². The van der Waals surface area contributed by atoms with E-state index in [4.69, 9.17) is 11.6 Å². The van der Waals surface area contributed by atoms with Gasteiger partial charge in [0, 0.05) is 39.0 Å². The maximum absolute atomic E-state index is 14.1. The van der Waals surface area contributed by atoms with Gasteiger partial charge in [-0.3, -0.25) is 14.4 Å². The molecule has 2 atom stereocenters. The summed E-state index contributed by atoms with van der Waals surface area (Å²) < 4.78 is 0.887. The highest BCUT2D eigenvalue weighted by atomic mass is 79.9. The molecule has 39 heavy (non-hydrogen) atoms. The van der Waals surface area contributed by atoms with E-state index in [1.807, 2.05) is 31.2 Å². The number of rotatable bonds is 10. The Hall–Kier alpha value is -2.18. The van der Waals surface area contributed by atoms with Crippen LogP contribution >= 0.6 is 27.5 Å². The molecule has 2 saturated carbocycles. The molecule has 0 spiro atoms. The lowest BCUT2D eigenvalue weighted by molar-refractivity contribution is -0.137. The Kier molecular flexibility index (Phi) is 11.0. The average Bonchev–Trinajstić information content (AvgIpc) is 2.94. The normalized spacial score (nSPS) is 18.4. The van der Waals surface area contributed by atoms with Crippen molar-refractivity contribution in [3.63, 3.8) is 0 Å². The molecule has 0 aliphatic heterocycles. The number of hydrogen-bond donors (Lipinski definition) is 2. The summed E-state index contributed by atoms with van der Waals surface area (Å²) in [5.74, 6) is -2.85. The molecular weight excluding hydrogens is 576 g/mol. The molecule has 2 fully saturated rings. The van der Waals surface area contributed by atoms with E-state index in [1.54, 1.807) is 24.3 Å². The van der Waals surface area contributed by atoms with E-state index in [0.29, 0.717) is 17.0 Å². The fraction of sp³-hybridized carbons (Fsp3) is 0.531. The van der Waals surface area contributed by atoms with Gasteiger partial charge in [-0.1, -0.05) is 97.2 Å². The van der Waals surface area contributed by atoms with Gasteiger partial charge in [-0.15, -0.1) is 0 Å². The van der Waals surface area contributed by atoms with Gasteiger partial charge in [0.05, 0.1) is 0 Å². The monoisotopic (exact) mass is 614 g/mol. The zero-order valence-electron chi connectivity index (χ0n) is 22.8. The van der Waals surface area contributed by atoms with Crippen LogP contribution < -0.4 is 10.6 Å². The van der Waals surface area contributed by atoms with Crippen LogP contribution in [0.5, 0.6) is 0 Å². The van der Waals surface area contributed by atoms with Gasteiger partial charge in [0.25, 0.3) is 0 Å². The molecule has 0 heterocycles. The molecule has 7 heteroatoms. The third kappa shape index (κ3) is 7.94. The Morgan fingerprint density at radius 1 is 0.795 bits per heavy atom. The van der Waals surface area contributed by atoms with Crippen LogP contribution in [0.1, 0.15) is 99.4 Å². The molecule has 2 aliphatic carbocycles. The zero-order chi connectivity index (χ0) is 27.8. The molecule has 210 valence electrons. The Bertz CT molecular complexity index is 1080. The fourth-order valence-electron chi connectivity index (χ4n) is 6.29. The first kappa shape index (κ1) is 29.8. The molecule has 0 aromatic heterocycles. The van der Waals surface area contributed by atoms with Crippen molar-refractivity contribution < 1.29 is 14.4 Å². The van der Waals surface area contributed by atoms with E-state index in [1.165, 1.54) is 12.8 Å². The number of Topliss-reactive ketones (excluding diaryl/α,β-unsaturated/α-hetero) is 1. The summed E-state index contributed by atoms with van der Waals surface area (Å²) in [7, 11) is 0. The number of carbonyl (C=O) groups excluding carboxylic acids is 3. The molecule has 2 aromatic carbocycles. The van der Waals surface area contributed by atoms with Crippen molar-refractivity contribution in [1.82, 2.24) is 10.6 Å². The topological polar surface area (TPSA) is 75.3 Å². The van der Waals surface area contributed by atoms with Crippen LogP contribution in [0, 0.1) is 11.8 Å². The van der Waals surface area contributed by atoms with Crippen LogP contribution in [0.25, 0.3) is 0 Å². The second-order valence-electron chi connectivity index (χ2n) is 11.1. The molecule has 2 amide bonds. The first-order chi connectivity index (χ1) is 18.9. The second kappa shape index (κ2) is 14.5. The number of hydrogen-bond acceptors (Lipinski definition) is 3. The molecule has 4 rings (SSSR count). The third-order valence-corrected chi connectivity index (χ3v) is 9.20. The molecule has 0 bridgehead atoms. The summed E-state index contributed by atoms with van der Waals surface area (Å²) in [5, 5.41) is 7.01. The molecule has 2 aliphatic rings. The largest absolute Gasteiger partial charge is 0.353 e. The quantitative estimate of drug-likeness (QED) is 0.213. The van der Waals surface area contributed by atoms with Gasteiger partial charge in [0.1, 0.15) is 5.92 Å². The maximum atomic E-state index is 14.1. The van der Waals surface area contributed by atoms with Crippen molar-refractivity contribution in [2.24, 2.45) is 11.8 Å². The number of halogens is 2. The van der Waals surface area contributed by atoms with E-state index in [2.05, 4.69) is 26.6 Å². The van der Waals surface area contributed by atoms with Crippen LogP contribution in [0.4, 0.5) is 0 Å². The Labute approximate surface area is 246 Å². The third-order valence-electron chi connectivity index (χ3n) is 8.42. The molecule has 0 unspecified atom stereocenters. The highest BCUT2D eigenvalue weighted by Crippen LogP contribution is 2.38. The Morgan fingerprint density at radius 2 is 1.28 bits per heavy atom. The van der Waals surface area contributed by atoms with Crippen LogP contribution in [0.15, 0.2) is 53.0 Å². The number of benzene rings is 2. The van der Waals surface area contributed by atoms with Gasteiger partial charge in [-0.25, -0.2) is 0 Å². The van der Waals surface area contributed by atoms with Crippen molar-refractivity contribution in [2.45, 2.75) is 95.6 Å². The molecule has 0 saturated heterocycles. The number of nitrogens with one attached hydrogen (secondary N) is 2. The van der Waals surface area contributed by atoms with E-state index >= 15 is 0 Å². The number of amides is 2. The van der Waals surface area contributed by atoms with Gasteiger partial charge >= 0.3 is 0 Å². The van der Waals surface area contributed by atoms with Crippen molar-refractivity contribution in [3.05, 3.63) is 69.2 Å². The van der Waals surface area contributed by atoms with E-state index in [0.717, 1.165) is 61.4 Å². The smallest absolute Gasteiger partial charge is 0.233 e. The number of carbonyl (C=O) groups is 3. The van der Waals surface area contributed by atoms with E-state index in [-0.39, 0.29) is 29.7 Å². The standard InChI is InChI=1S/C32H40BrClN2O3/c1-2-27(30(37)22-13-17-23(33)18-14-22)28(21-15-19-24(34)20-16-21)29(31(38)35-25-9-5-3-6-10-25)32(39)36-26-11-7-4-8-12-26/h13-20,25-29H,2-12H2,1H3,(H,35,38)(H,36,39)/t27-,28-/m0/s1. The summed E-state index contributed by atoms with van der Waals surface area (Å²) in [5.41, 5.74) is 1.35. The van der Waals surface area contributed by atoms with Crippen LogP contribution in [-0.2, 0) is 9.59 Å². The van der Waals surface area contributed by atoms with Crippen molar-refractivity contribution in [3.8, 4) is 0 Å². The van der Waals surface area contributed by atoms with E-state index < -0.39 is 17.8 Å².